The van der Waals surface area contributed by atoms with Gasteiger partial charge in [0.05, 0.1) is 0 Å². The Morgan fingerprint density at radius 1 is 1.24 bits per heavy atom. The highest BCUT2D eigenvalue weighted by atomic mass is 79.9. The molecule has 0 aliphatic heterocycles. The van der Waals surface area contributed by atoms with E-state index in [4.69, 9.17) is 0 Å². The van der Waals surface area contributed by atoms with Crippen molar-refractivity contribution < 1.29 is 0 Å². The van der Waals surface area contributed by atoms with Gasteiger partial charge in [0, 0.05) is 28.3 Å². The Hall–Kier alpha value is -0.800. The van der Waals surface area contributed by atoms with Crippen molar-refractivity contribution in [1.29, 1.82) is 0 Å². The van der Waals surface area contributed by atoms with Crippen LogP contribution in [-0.2, 0) is 6.54 Å². The molecule has 2 aromatic rings. The number of hydrogen-bond acceptors (Lipinski definition) is 1. The summed E-state index contributed by atoms with van der Waals surface area (Å²) in [6, 6.07) is 9.26. The van der Waals surface area contributed by atoms with Crippen LogP contribution in [0.4, 0.5) is 0 Å². The van der Waals surface area contributed by atoms with E-state index < -0.39 is 0 Å². The molecular formula is C14H19BrN2. The lowest BCUT2D eigenvalue weighted by atomic mass is 10.2. The standard InChI is InChI=1S/C14H19BrN2/c1-10(2)17-13(9-16(3)4)7-11-5-6-12(15)8-14(11)17/h5-8,10H,9H2,1-4H3. The number of benzene rings is 1. The van der Waals surface area contributed by atoms with E-state index in [0.717, 1.165) is 11.0 Å². The fourth-order valence-corrected chi connectivity index (χ4v) is 2.66. The molecule has 0 bridgehead atoms. The summed E-state index contributed by atoms with van der Waals surface area (Å²) in [4.78, 5) is 2.21. The van der Waals surface area contributed by atoms with Gasteiger partial charge in [0.15, 0.2) is 0 Å². The molecule has 0 radical (unpaired) electrons. The van der Waals surface area contributed by atoms with Crippen LogP contribution >= 0.6 is 15.9 Å². The Kier molecular flexibility index (Phi) is 3.59. The van der Waals surface area contributed by atoms with E-state index in [-0.39, 0.29) is 0 Å². The Morgan fingerprint density at radius 2 is 1.94 bits per heavy atom. The maximum atomic E-state index is 3.55. The van der Waals surface area contributed by atoms with Crippen LogP contribution in [0.25, 0.3) is 10.9 Å². The first-order valence-corrected chi connectivity index (χ1v) is 6.72. The van der Waals surface area contributed by atoms with Gasteiger partial charge in [-0.25, -0.2) is 0 Å². The van der Waals surface area contributed by atoms with Gasteiger partial charge < -0.3 is 9.47 Å². The minimum absolute atomic E-state index is 0.483. The molecule has 1 aromatic heterocycles. The molecule has 1 heterocycles. The van der Waals surface area contributed by atoms with E-state index in [9.17, 15) is 0 Å². The number of aromatic nitrogens is 1. The second-order valence-corrected chi connectivity index (χ2v) is 5.96. The van der Waals surface area contributed by atoms with Gasteiger partial charge >= 0.3 is 0 Å². The highest BCUT2D eigenvalue weighted by molar-refractivity contribution is 9.10. The monoisotopic (exact) mass is 294 g/mol. The number of hydrogen-bond donors (Lipinski definition) is 0. The number of nitrogens with zero attached hydrogens (tertiary/aromatic N) is 2. The van der Waals surface area contributed by atoms with E-state index in [0.29, 0.717) is 6.04 Å². The molecule has 17 heavy (non-hydrogen) atoms. The zero-order valence-corrected chi connectivity index (χ0v) is 12.5. The molecule has 0 atom stereocenters. The summed E-state index contributed by atoms with van der Waals surface area (Å²) in [5.41, 5.74) is 2.68. The molecule has 0 aliphatic rings. The molecule has 2 rings (SSSR count). The van der Waals surface area contributed by atoms with Gasteiger partial charge in [0.1, 0.15) is 0 Å². The minimum Gasteiger partial charge on any atom is -0.341 e. The quantitative estimate of drug-likeness (QED) is 0.829. The van der Waals surface area contributed by atoms with Crippen LogP contribution < -0.4 is 0 Å². The van der Waals surface area contributed by atoms with E-state index in [1.54, 1.807) is 0 Å². The molecule has 0 unspecified atom stereocenters. The number of fused-ring (bicyclic) bond motifs is 1. The van der Waals surface area contributed by atoms with Crippen LogP contribution in [-0.4, -0.2) is 23.6 Å². The zero-order chi connectivity index (χ0) is 12.6. The summed E-state index contributed by atoms with van der Waals surface area (Å²) < 4.78 is 3.56. The third-order valence-electron chi connectivity index (χ3n) is 2.88. The van der Waals surface area contributed by atoms with Crippen LogP contribution in [0.15, 0.2) is 28.7 Å². The van der Waals surface area contributed by atoms with Gasteiger partial charge in [-0.05, 0) is 51.5 Å². The topological polar surface area (TPSA) is 8.17 Å². The molecular weight excluding hydrogens is 276 g/mol. The summed E-state index contributed by atoms with van der Waals surface area (Å²) in [7, 11) is 4.22. The van der Waals surface area contributed by atoms with E-state index in [1.165, 1.54) is 16.6 Å². The molecule has 0 saturated carbocycles. The molecule has 0 spiro atoms. The highest BCUT2D eigenvalue weighted by Gasteiger charge is 2.12. The Labute approximate surface area is 111 Å². The summed E-state index contributed by atoms with van der Waals surface area (Å²) in [5.74, 6) is 0. The first-order valence-electron chi connectivity index (χ1n) is 5.93. The number of rotatable bonds is 3. The smallest absolute Gasteiger partial charge is 0.0496 e. The molecule has 0 N–H and O–H groups in total. The molecule has 0 amide bonds. The van der Waals surface area contributed by atoms with Crippen LogP contribution in [0.1, 0.15) is 25.6 Å². The average Bonchev–Trinajstić information content (AvgIpc) is 2.53. The predicted molar refractivity (Wildman–Crippen MR) is 77.4 cm³/mol. The number of halogens is 1. The van der Waals surface area contributed by atoms with E-state index in [2.05, 4.69) is 77.6 Å². The van der Waals surface area contributed by atoms with Crippen LogP contribution in [0.2, 0.25) is 0 Å². The highest BCUT2D eigenvalue weighted by Crippen LogP contribution is 2.27. The molecule has 3 heteroatoms. The molecule has 0 fully saturated rings. The van der Waals surface area contributed by atoms with Gasteiger partial charge in [-0.2, -0.15) is 0 Å². The van der Waals surface area contributed by atoms with Crippen molar-refractivity contribution in [2.75, 3.05) is 14.1 Å². The summed E-state index contributed by atoms with van der Waals surface area (Å²) >= 11 is 3.55. The van der Waals surface area contributed by atoms with Crippen molar-refractivity contribution >= 4 is 26.8 Å². The molecule has 92 valence electrons. The lowest BCUT2D eigenvalue weighted by Crippen LogP contribution is -2.15. The summed E-state index contributed by atoms with van der Waals surface area (Å²) in [6.45, 7) is 5.45. The fraction of sp³-hybridized carbons (Fsp3) is 0.429. The second-order valence-electron chi connectivity index (χ2n) is 5.04. The molecule has 0 aliphatic carbocycles. The largest absolute Gasteiger partial charge is 0.341 e. The predicted octanol–water partition coefficient (Wildman–Crippen LogP) is 4.05. The molecule has 1 aromatic carbocycles. The van der Waals surface area contributed by atoms with Gasteiger partial charge in [-0.15, -0.1) is 0 Å². The fourth-order valence-electron chi connectivity index (χ4n) is 2.31. The second kappa shape index (κ2) is 4.83. The summed E-state index contributed by atoms with van der Waals surface area (Å²) in [5, 5.41) is 1.32. The van der Waals surface area contributed by atoms with Crippen LogP contribution in [0, 0.1) is 0 Å². The maximum Gasteiger partial charge on any atom is 0.0496 e. The molecule has 0 saturated heterocycles. The zero-order valence-electron chi connectivity index (χ0n) is 10.9. The average molecular weight is 295 g/mol. The molecule has 2 nitrogen and oxygen atoms in total. The Bertz CT molecular complexity index is 526. The van der Waals surface area contributed by atoms with Crippen molar-refractivity contribution in [3.05, 3.63) is 34.4 Å². The minimum atomic E-state index is 0.483. The van der Waals surface area contributed by atoms with Gasteiger partial charge in [-0.3, -0.25) is 0 Å². The van der Waals surface area contributed by atoms with E-state index in [1.807, 2.05) is 0 Å². The third kappa shape index (κ3) is 2.55. The van der Waals surface area contributed by atoms with E-state index >= 15 is 0 Å². The van der Waals surface area contributed by atoms with Crippen LogP contribution in [0.3, 0.4) is 0 Å². The van der Waals surface area contributed by atoms with Gasteiger partial charge in [0.25, 0.3) is 0 Å². The Balaban J connectivity index is 2.63. The lowest BCUT2D eigenvalue weighted by Gasteiger charge is -2.17. The third-order valence-corrected chi connectivity index (χ3v) is 3.37. The van der Waals surface area contributed by atoms with Crippen molar-refractivity contribution in [1.82, 2.24) is 9.47 Å². The van der Waals surface area contributed by atoms with Gasteiger partial charge in [-0.1, -0.05) is 22.0 Å². The van der Waals surface area contributed by atoms with Gasteiger partial charge in [0.2, 0.25) is 0 Å². The lowest BCUT2D eigenvalue weighted by molar-refractivity contribution is 0.383. The van der Waals surface area contributed by atoms with Crippen molar-refractivity contribution in [3.8, 4) is 0 Å². The van der Waals surface area contributed by atoms with Crippen molar-refractivity contribution in [3.63, 3.8) is 0 Å². The van der Waals surface area contributed by atoms with Crippen molar-refractivity contribution in [2.24, 2.45) is 0 Å². The SMILES string of the molecule is CC(C)n1c(CN(C)C)cc2ccc(Br)cc21. The Morgan fingerprint density at radius 3 is 2.53 bits per heavy atom. The normalized spacial score (nSPS) is 11.9. The first kappa shape index (κ1) is 12.7. The maximum absolute atomic E-state index is 3.55. The first-order chi connectivity index (χ1) is 7.99. The summed E-state index contributed by atoms with van der Waals surface area (Å²) in [6.07, 6.45) is 0. The van der Waals surface area contributed by atoms with Crippen LogP contribution in [0.5, 0.6) is 0 Å². The van der Waals surface area contributed by atoms with Crippen molar-refractivity contribution in [2.45, 2.75) is 26.4 Å².